The minimum atomic E-state index is -0.520. The zero-order valence-corrected chi connectivity index (χ0v) is 7.51. The van der Waals surface area contributed by atoms with Crippen molar-refractivity contribution in [2.24, 2.45) is 5.73 Å². The molecule has 0 spiro atoms. The molecule has 1 heterocycles. The van der Waals surface area contributed by atoms with Gasteiger partial charge in [0.05, 0.1) is 10.5 Å². The van der Waals surface area contributed by atoms with E-state index in [-0.39, 0.29) is 5.69 Å². The zero-order chi connectivity index (χ0) is 10.2. The molecule has 2 N–H and O–H groups in total. The van der Waals surface area contributed by atoms with Crippen molar-refractivity contribution in [2.45, 2.75) is 24.8 Å². The molecule has 1 aromatic heterocycles. The van der Waals surface area contributed by atoms with Crippen LogP contribution in [-0.4, -0.2) is 14.9 Å². The van der Waals surface area contributed by atoms with Crippen LogP contribution in [0.15, 0.2) is 12.4 Å². The Morgan fingerprint density at radius 2 is 2.00 bits per heavy atom. The van der Waals surface area contributed by atoms with Crippen LogP contribution < -0.4 is 5.73 Å². The molecule has 1 fully saturated rings. The van der Waals surface area contributed by atoms with Crippen molar-refractivity contribution >= 4 is 5.69 Å². The molecule has 1 aliphatic carbocycles. The summed E-state index contributed by atoms with van der Waals surface area (Å²) in [5.74, 6) is 0.509. The first-order valence-electron chi connectivity index (χ1n) is 4.38. The monoisotopic (exact) mass is 194 g/mol. The van der Waals surface area contributed by atoms with E-state index >= 15 is 0 Å². The summed E-state index contributed by atoms with van der Waals surface area (Å²) in [6.07, 6.45) is 5.18. The van der Waals surface area contributed by atoms with Crippen molar-refractivity contribution < 1.29 is 4.92 Å². The number of aromatic nitrogens is 2. The molecule has 0 aliphatic heterocycles. The first-order chi connectivity index (χ1) is 6.62. The highest BCUT2D eigenvalue weighted by Crippen LogP contribution is 2.36. The fraction of sp³-hybridized carbons (Fsp3) is 0.500. The molecule has 74 valence electrons. The average Bonchev–Trinajstić information content (AvgIpc) is 2.14. The second-order valence-corrected chi connectivity index (χ2v) is 3.53. The van der Waals surface area contributed by atoms with Crippen LogP contribution in [0.2, 0.25) is 0 Å². The van der Waals surface area contributed by atoms with Gasteiger partial charge in [-0.2, -0.15) is 0 Å². The average molecular weight is 194 g/mol. The maximum atomic E-state index is 10.3. The summed E-state index contributed by atoms with van der Waals surface area (Å²) < 4.78 is 0. The van der Waals surface area contributed by atoms with E-state index < -0.39 is 10.5 Å². The van der Waals surface area contributed by atoms with Gasteiger partial charge in [0.15, 0.2) is 0 Å². The molecule has 0 amide bonds. The lowest BCUT2D eigenvalue weighted by atomic mass is 9.77. The molecule has 0 atom stereocenters. The summed E-state index contributed by atoms with van der Waals surface area (Å²) >= 11 is 0. The SMILES string of the molecule is NC1(c2ncc([N+](=O)[O-])cn2)CCC1. The lowest BCUT2D eigenvalue weighted by molar-refractivity contribution is -0.385. The van der Waals surface area contributed by atoms with E-state index in [4.69, 9.17) is 5.73 Å². The highest BCUT2D eigenvalue weighted by Gasteiger charge is 2.37. The highest BCUT2D eigenvalue weighted by molar-refractivity contribution is 5.23. The van der Waals surface area contributed by atoms with Gasteiger partial charge in [-0.05, 0) is 19.3 Å². The summed E-state index contributed by atoms with van der Waals surface area (Å²) in [5, 5.41) is 10.3. The van der Waals surface area contributed by atoms with Crippen molar-refractivity contribution in [3.05, 3.63) is 28.3 Å². The maximum Gasteiger partial charge on any atom is 0.305 e. The van der Waals surface area contributed by atoms with Crippen LogP contribution in [0.4, 0.5) is 5.69 Å². The molecule has 0 saturated heterocycles. The van der Waals surface area contributed by atoms with Crippen LogP contribution in [0, 0.1) is 10.1 Å². The fourth-order valence-corrected chi connectivity index (χ4v) is 1.45. The first kappa shape index (κ1) is 9.01. The summed E-state index contributed by atoms with van der Waals surface area (Å²) in [5.41, 5.74) is 5.41. The first-order valence-corrected chi connectivity index (χ1v) is 4.38. The molecule has 1 saturated carbocycles. The Hall–Kier alpha value is -1.56. The summed E-state index contributed by atoms with van der Waals surface area (Å²) in [7, 11) is 0. The third-order valence-corrected chi connectivity index (χ3v) is 2.54. The van der Waals surface area contributed by atoms with E-state index in [0.29, 0.717) is 5.82 Å². The molecule has 6 nitrogen and oxygen atoms in total. The molecule has 6 heteroatoms. The van der Waals surface area contributed by atoms with Crippen LogP contribution in [-0.2, 0) is 5.54 Å². The Bertz CT molecular complexity index is 358. The minimum absolute atomic E-state index is 0.100. The van der Waals surface area contributed by atoms with E-state index in [1.807, 2.05) is 0 Å². The normalized spacial score (nSPS) is 18.6. The molecule has 1 aliphatic rings. The Morgan fingerprint density at radius 1 is 1.43 bits per heavy atom. The van der Waals surface area contributed by atoms with Gasteiger partial charge in [-0.1, -0.05) is 0 Å². The molecular weight excluding hydrogens is 184 g/mol. The fourth-order valence-electron chi connectivity index (χ4n) is 1.45. The smallest absolute Gasteiger partial charge is 0.305 e. The van der Waals surface area contributed by atoms with E-state index in [9.17, 15) is 10.1 Å². The second-order valence-electron chi connectivity index (χ2n) is 3.53. The van der Waals surface area contributed by atoms with Crippen LogP contribution in [0.1, 0.15) is 25.1 Å². The Kier molecular flexibility index (Phi) is 1.92. The van der Waals surface area contributed by atoms with Crippen LogP contribution in [0.25, 0.3) is 0 Å². The number of nitrogens with zero attached hydrogens (tertiary/aromatic N) is 3. The van der Waals surface area contributed by atoms with Crippen molar-refractivity contribution in [1.82, 2.24) is 9.97 Å². The van der Waals surface area contributed by atoms with Gasteiger partial charge >= 0.3 is 5.69 Å². The zero-order valence-electron chi connectivity index (χ0n) is 7.51. The van der Waals surface area contributed by atoms with E-state index in [2.05, 4.69) is 9.97 Å². The molecule has 1 aromatic rings. The Balaban J connectivity index is 2.25. The lowest BCUT2D eigenvalue weighted by Crippen LogP contribution is -2.44. The van der Waals surface area contributed by atoms with Crippen molar-refractivity contribution in [1.29, 1.82) is 0 Å². The molecule has 0 bridgehead atoms. The number of nitrogens with two attached hydrogens (primary N) is 1. The van der Waals surface area contributed by atoms with Crippen molar-refractivity contribution in [3.63, 3.8) is 0 Å². The van der Waals surface area contributed by atoms with Crippen LogP contribution >= 0.6 is 0 Å². The highest BCUT2D eigenvalue weighted by atomic mass is 16.6. The predicted molar refractivity (Wildman–Crippen MR) is 48.4 cm³/mol. The number of hydrogen-bond acceptors (Lipinski definition) is 5. The molecule has 0 unspecified atom stereocenters. The van der Waals surface area contributed by atoms with E-state index in [1.165, 1.54) is 12.4 Å². The van der Waals surface area contributed by atoms with Crippen molar-refractivity contribution in [2.75, 3.05) is 0 Å². The van der Waals surface area contributed by atoms with Gasteiger partial charge in [0.2, 0.25) is 0 Å². The summed E-state index contributed by atoms with van der Waals surface area (Å²) in [6, 6.07) is 0. The third-order valence-electron chi connectivity index (χ3n) is 2.54. The predicted octanol–water partition coefficient (Wildman–Crippen LogP) is 0.723. The Morgan fingerprint density at radius 3 is 2.36 bits per heavy atom. The van der Waals surface area contributed by atoms with Gasteiger partial charge in [0, 0.05) is 0 Å². The van der Waals surface area contributed by atoms with E-state index in [1.54, 1.807) is 0 Å². The quantitative estimate of drug-likeness (QED) is 0.553. The minimum Gasteiger partial charge on any atom is -0.319 e. The molecule has 0 radical (unpaired) electrons. The molecule has 2 rings (SSSR count). The topological polar surface area (TPSA) is 94.9 Å². The molecule has 0 aromatic carbocycles. The van der Waals surface area contributed by atoms with E-state index in [0.717, 1.165) is 19.3 Å². The largest absolute Gasteiger partial charge is 0.319 e. The van der Waals surface area contributed by atoms with Crippen molar-refractivity contribution in [3.8, 4) is 0 Å². The second kappa shape index (κ2) is 2.98. The van der Waals surface area contributed by atoms with Gasteiger partial charge in [0.1, 0.15) is 18.2 Å². The van der Waals surface area contributed by atoms with Gasteiger partial charge in [-0.3, -0.25) is 10.1 Å². The maximum absolute atomic E-state index is 10.3. The number of rotatable bonds is 2. The summed E-state index contributed by atoms with van der Waals surface area (Å²) in [4.78, 5) is 17.7. The van der Waals surface area contributed by atoms with Gasteiger partial charge in [-0.15, -0.1) is 0 Å². The summed E-state index contributed by atoms with van der Waals surface area (Å²) in [6.45, 7) is 0. The Labute approximate surface area is 80.3 Å². The number of nitro groups is 1. The molecular formula is C8H10N4O2. The lowest BCUT2D eigenvalue weighted by Gasteiger charge is -2.35. The standard InChI is InChI=1S/C8H10N4O2/c9-8(2-1-3-8)7-10-4-6(5-11-7)12(13)14/h4-5H,1-3,9H2. The van der Waals surface area contributed by atoms with Gasteiger partial charge in [0.25, 0.3) is 0 Å². The molecule has 14 heavy (non-hydrogen) atoms. The third kappa shape index (κ3) is 1.33. The van der Waals surface area contributed by atoms with Gasteiger partial charge < -0.3 is 5.73 Å². The number of hydrogen-bond donors (Lipinski definition) is 1. The van der Waals surface area contributed by atoms with Crippen LogP contribution in [0.5, 0.6) is 0 Å². The van der Waals surface area contributed by atoms with Gasteiger partial charge in [-0.25, -0.2) is 9.97 Å². The van der Waals surface area contributed by atoms with Crippen LogP contribution in [0.3, 0.4) is 0 Å².